The summed E-state index contributed by atoms with van der Waals surface area (Å²) in [6.45, 7) is 3.73. The first-order valence-electron chi connectivity index (χ1n) is 7.50. The number of ether oxygens (including phenoxy) is 2. The number of halogens is 1. The highest BCUT2D eigenvalue weighted by molar-refractivity contribution is 9.10. The Kier molecular flexibility index (Phi) is 9.46. The van der Waals surface area contributed by atoms with E-state index in [9.17, 15) is 5.11 Å². The molecule has 0 spiro atoms. The SMILES string of the molecule is CCCCCCOCC(O)CNc1cc(Br)cc(OC)c1. The summed E-state index contributed by atoms with van der Waals surface area (Å²) in [6.07, 6.45) is 4.22. The van der Waals surface area contributed by atoms with Crippen molar-refractivity contribution < 1.29 is 14.6 Å². The molecule has 2 N–H and O–H groups in total. The lowest BCUT2D eigenvalue weighted by Gasteiger charge is -2.14. The fourth-order valence-electron chi connectivity index (χ4n) is 1.93. The van der Waals surface area contributed by atoms with Crippen LogP contribution in [0.1, 0.15) is 32.6 Å². The van der Waals surface area contributed by atoms with E-state index in [-0.39, 0.29) is 0 Å². The molecule has 0 fully saturated rings. The summed E-state index contributed by atoms with van der Waals surface area (Å²) < 4.78 is 11.6. The molecule has 0 heterocycles. The number of methoxy groups -OCH3 is 1. The fourth-order valence-corrected chi connectivity index (χ4v) is 2.40. The van der Waals surface area contributed by atoms with Crippen LogP contribution in [0.5, 0.6) is 5.75 Å². The van der Waals surface area contributed by atoms with Gasteiger partial charge in [-0.15, -0.1) is 0 Å². The minimum atomic E-state index is -0.513. The largest absolute Gasteiger partial charge is 0.497 e. The van der Waals surface area contributed by atoms with Gasteiger partial charge in [-0.2, -0.15) is 0 Å². The molecule has 0 aliphatic carbocycles. The molecule has 1 rings (SSSR count). The summed E-state index contributed by atoms with van der Waals surface area (Å²) in [4.78, 5) is 0. The molecule has 0 aromatic heterocycles. The monoisotopic (exact) mass is 359 g/mol. The Labute approximate surface area is 136 Å². The van der Waals surface area contributed by atoms with Crippen molar-refractivity contribution in [2.24, 2.45) is 0 Å². The van der Waals surface area contributed by atoms with Crippen LogP contribution in [-0.2, 0) is 4.74 Å². The molecule has 0 amide bonds. The Morgan fingerprint density at radius 3 is 2.76 bits per heavy atom. The number of hydrogen-bond acceptors (Lipinski definition) is 4. The van der Waals surface area contributed by atoms with Crippen molar-refractivity contribution in [1.29, 1.82) is 0 Å². The van der Waals surface area contributed by atoms with Crippen molar-refractivity contribution in [2.75, 3.05) is 32.2 Å². The van der Waals surface area contributed by atoms with E-state index in [0.29, 0.717) is 13.2 Å². The van der Waals surface area contributed by atoms with Crippen LogP contribution in [0.4, 0.5) is 5.69 Å². The van der Waals surface area contributed by atoms with Crippen LogP contribution in [0.25, 0.3) is 0 Å². The molecule has 0 radical (unpaired) electrons. The van der Waals surface area contributed by atoms with E-state index in [2.05, 4.69) is 28.2 Å². The summed E-state index contributed by atoms with van der Waals surface area (Å²) >= 11 is 3.43. The van der Waals surface area contributed by atoms with Crippen LogP contribution >= 0.6 is 15.9 Å². The lowest BCUT2D eigenvalue weighted by Crippen LogP contribution is -2.25. The molecule has 1 aromatic carbocycles. The lowest BCUT2D eigenvalue weighted by molar-refractivity contribution is 0.0417. The van der Waals surface area contributed by atoms with Crippen molar-refractivity contribution in [2.45, 2.75) is 38.7 Å². The second-order valence-corrected chi connectivity index (χ2v) is 5.97. The minimum absolute atomic E-state index is 0.365. The number of unbranched alkanes of at least 4 members (excludes halogenated alkanes) is 3. The molecule has 120 valence electrons. The van der Waals surface area contributed by atoms with Gasteiger partial charge in [0.15, 0.2) is 0 Å². The van der Waals surface area contributed by atoms with Gasteiger partial charge in [-0.1, -0.05) is 42.1 Å². The zero-order valence-corrected chi connectivity index (χ0v) is 14.5. The van der Waals surface area contributed by atoms with Gasteiger partial charge in [0.05, 0.1) is 19.8 Å². The lowest BCUT2D eigenvalue weighted by atomic mass is 10.2. The van der Waals surface area contributed by atoms with Crippen molar-refractivity contribution in [3.8, 4) is 5.75 Å². The summed E-state index contributed by atoms with van der Waals surface area (Å²) in [5.74, 6) is 0.772. The molecule has 0 bridgehead atoms. The van der Waals surface area contributed by atoms with E-state index in [4.69, 9.17) is 9.47 Å². The number of nitrogens with one attached hydrogen (secondary N) is 1. The molecule has 21 heavy (non-hydrogen) atoms. The van der Waals surface area contributed by atoms with Gasteiger partial charge >= 0.3 is 0 Å². The Morgan fingerprint density at radius 2 is 2.05 bits per heavy atom. The highest BCUT2D eigenvalue weighted by Crippen LogP contribution is 2.24. The first-order chi connectivity index (χ1) is 10.2. The molecule has 1 unspecified atom stereocenters. The van der Waals surface area contributed by atoms with E-state index in [1.54, 1.807) is 7.11 Å². The van der Waals surface area contributed by atoms with Gasteiger partial charge in [-0.05, 0) is 18.6 Å². The van der Waals surface area contributed by atoms with Crippen LogP contribution < -0.4 is 10.1 Å². The van der Waals surface area contributed by atoms with E-state index in [1.165, 1.54) is 19.3 Å². The third-order valence-electron chi connectivity index (χ3n) is 3.10. The molecule has 0 saturated heterocycles. The van der Waals surface area contributed by atoms with Crippen molar-refractivity contribution in [1.82, 2.24) is 0 Å². The normalized spacial score (nSPS) is 12.2. The van der Waals surface area contributed by atoms with E-state index in [0.717, 1.165) is 28.9 Å². The van der Waals surface area contributed by atoms with Gasteiger partial charge in [0.1, 0.15) is 5.75 Å². The summed E-state index contributed by atoms with van der Waals surface area (Å²) in [6, 6.07) is 5.73. The molecule has 1 aromatic rings. The molecular formula is C16H26BrNO3. The number of aliphatic hydroxyl groups excluding tert-OH is 1. The van der Waals surface area contributed by atoms with Gasteiger partial charge in [0.25, 0.3) is 0 Å². The Morgan fingerprint density at radius 1 is 1.24 bits per heavy atom. The topological polar surface area (TPSA) is 50.7 Å². The predicted molar refractivity (Wildman–Crippen MR) is 90.2 cm³/mol. The minimum Gasteiger partial charge on any atom is -0.497 e. The predicted octanol–water partition coefficient (Wildman–Crippen LogP) is 3.83. The first kappa shape index (κ1) is 18.3. The van der Waals surface area contributed by atoms with Gasteiger partial charge in [0.2, 0.25) is 0 Å². The zero-order valence-electron chi connectivity index (χ0n) is 12.9. The highest BCUT2D eigenvalue weighted by Gasteiger charge is 2.05. The number of anilines is 1. The second kappa shape index (κ2) is 10.9. The average molecular weight is 360 g/mol. The average Bonchev–Trinajstić information content (AvgIpc) is 2.48. The quantitative estimate of drug-likeness (QED) is 0.589. The molecule has 5 heteroatoms. The van der Waals surface area contributed by atoms with E-state index in [1.807, 2.05) is 18.2 Å². The highest BCUT2D eigenvalue weighted by atomic mass is 79.9. The Bertz CT molecular complexity index is 401. The van der Waals surface area contributed by atoms with Gasteiger partial charge in [0, 0.05) is 29.4 Å². The molecular weight excluding hydrogens is 334 g/mol. The van der Waals surface area contributed by atoms with Crippen molar-refractivity contribution in [3.63, 3.8) is 0 Å². The molecule has 4 nitrogen and oxygen atoms in total. The van der Waals surface area contributed by atoms with Crippen molar-refractivity contribution in [3.05, 3.63) is 22.7 Å². The molecule has 0 aliphatic rings. The maximum absolute atomic E-state index is 9.88. The standard InChI is InChI=1S/C16H26BrNO3/c1-3-4-5-6-7-21-12-15(19)11-18-14-8-13(17)9-16(10-14)20-2/h8-10,15,18-19H,3-7,11-12H2,1-2H3. The summed E-state index contributed by atoms with van der Waals surface area (Å²) in [5.41, 5.74) is 0.906. The summed E-state index contributed by atoms with van der Waals surface area (Å²) in [7, 11) is 1.63. The van der Waals surface area contributed by atoms with Crippen molar-refractivity contribution >= 4 is 21.6 Å². The van der Waals surface area contributed by atoms with E-state index >= 15 is 0 Å². The van der Waals surface area contributed by atoms with Crippen LogP contribution in [-0.4, -0.2) is 38.1 Å². The maximum atomic E-state index is 9.88. The zero-order chi connectivity index (χ0) is 15.5. The third kappa shape index (κ3) is 8.29. The van der Waals surface area contributed by atoms with E-state index < -0.39 is 6.10 Å². The molecule has 0 saturated carbocycles. The maximum Gasteiger partial charge on any atom is 0.122 e. The smallest absolute Gasteiger partial charge is 0.122 e. The Balaban J connectivity index is 2.20. The molecule has 1 atom stereocenters. The number of rotatable bonds is 11. The third-order valence-corrected chi connectivity index (χ3v) is 3.56. The van der Waals surface area contributed by atoms with Gasteiger partial charge in [-0.25, -0.2) is 0 Å². The van der Waals surface area contributed by atoms with Crippen LogP contribution in [0.2, 0.25) is 0 Å². The first-order valence-corrected chi connectivity index (χ1v) is 8.29. The molecule has 0 aliphatic heterocycles. The summed E-state index contributed by atoms with van der Waals surface area (Å²) in [5, 5.41) is 13.1. The number of benzene rings is 1. The van der Waals surface area contributed by atoms with Crippen LogP contribution in [0.15, 0.2) is 22.7 Å². The fraction of sp³-hybridized carbons (Fsp3) is 0.625. The van der Waals surface area contributed by atoms with Gasteiger partial charge in [-0.3, -0.25) is 0 Å². The van der Waals surface area contributed by atoms with Gasteiger partial charge < -0.3 is 19.9 Å². The Hall–Kier alpha value is -0.780. The number of hydrogen-bond donors (Lipinski definition) is 2. The second-order valence-electron chi connectivity index (χ2n) is 5.05. The van der Waals surface area contributed by atoms with Crippen LogP contribution in [0.3, 0.4) is 0 Å². The number of aliphatic hydroxyl groups is 1. The van der Waals surface area contributed by atoms with Crippen LogP contribution in [0, 0.1) is 0 Å².